The van der Waals surface area contributed by atoms with Crippen molar-refractivity contribution < 1.29 is 71.4 Å². The minimum Gasteiger partial charge on any atom is -0.463 e. The minimum atomic E-state index is -4.81. The van der Waals surface area contributed by atoms with Crippen LogP contribution in [0, 0.1) is 0 Å². The summed E-state index contributed by atoms with van der Waals surface area (Å²) in [6.07, 6.45) is 54.1. The predicted molar refractivity (Wildman–Crippen MR) is 269 cm³/mol. The SMILES string of the molecule is CC/C=C\C/C=C\C/C=C\C/C=C\C/C=C\CCCC(=O)OCC(O)COP(=O)(O)OCC(O)COP(=O)(O)OCC(O)COC(=O)CCCCC/C=C/C=C/C=C/C=C/C=C\C=C\C=C\CC. The van der Waals surface area contributed by atoms with Gasteiger partial charge in [-0.2, -0.15) is 0 Å². The first-order valence-corrected chi connectivity index (χ1v) is 26.3. The first-order valence-electron chi connectivity index (χ1n) is 23.3. The lowest BCUT2D eigenvalue weighted by Crippen LogP contribution is -2.25. The van der Waals surface area contributed by atoms with Crippen molar-refractivity contribution in [3.05, 3.63) is 146 Å². The second-order valence-corrected chi connectivity index (χ2v) is 17.7. The number of hydrogen-bond donors (Lipinski definition) is 5. The Morgan fingerprint density at radius 2 is 0.721 bits per heavy atom. The Bertz CT molecular complexity index is 1770. The van der Waals surface area contributed by atoms with E-state index in [0.29, 0.717) is 19.3 Å². The second kappa shape index (κ2) is 45.4. The number of rotatable bonds is 42. The van der Waals surface area contributed by atoms with E-state index in [9.17, 15) is 43.8 Å². The van der Waals surface area contributed by atoms with Crippen molar-refractivity contribution in [3.63, 3.8) is 0 Å². The van der Waals surface area contributed by atoms with Crippen LogP contribution in [0.4, 0.5) is 0 Å². The van der Waals surface area contributed by atoms with Crippen molar-refractivity contribution in [2.24, 2.45) is 0 Å². The molecule has 5 N–H and O–H groups in total. The minimum absolute atomic E-state index is 0.109. The van der Waals surface area contributed by atoms with Crippen molar-refractivity contribution in [2.45, 2.75) is 122 Å². The summed E-state index contributed by atoms with van der Waals surface area (Å²) in [6.45, 7) is -0.0237. The lowest BCUT2D eigenvalue weighted by Gasteiger charge is -2.19. The van der Waals surface area contributed by atoms with Gasteiger partial charge in [-0.25, -0.2) is 9.13 Å². The number of phosphoric ester groups is 2. The fraction of sp³-hybridized carbons (Fsp3) is 0.490. The molecule has 0 rings (SSSR count). The number of carbonyl (C=O) groups is 2. The van der Waals surface area contributed by atoms with Gasteiger partial charge in [0.2, 0.25) is 0 Å². The van der Waals surface area contributed by atoms with Gasteiger partial charge in [0.25, 0.3) is 0 Å². The van der Waals surface area contributed by atoms with Crippen LogP contribution in [0.2, 0.25) is 0 Å². The van der Waals surface area contributed by atoms with Crippen LogP contribution in [0.3, 0.4) is 0 Å². The normalized spacial score (nSPS) is 16.3. The molecule has 0 amide bonds. The Balaban J connectivity index is 4.05. The molecule has 68 heavy (non-hydrogen) atoms. The summed E-state index contributed by atoms with van der Waals surface area (Å²) in [7, 11) is -9.63. The van der Waals surface area contributed by atoms with E-state index in [2.05, 4.69) is 86.6 Å². The Kier molecular flexibility index (Phi) is 42.6. The molecule has 0 fully saturated rings. The summed E-state index contributed by atoms with van der Waals surface area (Å²) in [5, 5.41) is 30.0. The van der Waals surface area contributed by atoms with E-state index < -0.39 is 85.5 Å². The molecule has 0 aromatic heterocycles. The summed E-state index contributed by atoms with van der Waals surface area (Å²) in [6, 6.07) is 0. The van der Waals surface area contributed by atoms with Crippen LogP contribution in [0.25, 0.3) is 0 Å². The van der Waals surface area contributed by atoms with Gasteiger partial charge in [0, 0.05) is 12.8 Å². The molecular formula is C51H78O15P2. The number of carbonyl (C=O) groups excluding carboxylic acids is 2. The van der Waals surface area contributed by atoms with Crippen LogP contribution in [-0.4, -0.2) is 95.0 Å². The van der Waals surface area contributed by atoms with Crippen molar-refractivity contribution in [1.82, 2.24) is 0 Å². The van der Waals surface area contributed by atoms with Crippen LogP contribution in [-0.2, 0) is 46.3 Å². The average molecular weight is 993 g/mol. The van der Waals surface area contributed by atoms with Gasteiger partial charge in [0.1, 0.15) is 31.5 Å². The molecule has 0 aromatic carbocycles. The topological polar surface area (TPSA) is 225 Å². The average Bonchev–Trinajstić information content (AvgIpc) is 3.31. The summed E-state index contributed by atoms with van der Waals surface area (Å²) < 4.78 is 52.9. The van der Waals surface area contributed by atoms with Gasteiger partial charge in [-0.3, -0.25) is 27.7 Å². The molecule has 0 bridgehead atoms. The first-order chi connectivity index (χ1) is 32.8. The van der Waals surface area contributed by atoms with Gasteiger partial charge in [-0.05, 0) is 70.6 Å². The molecule has 0 aromatic rings. The molecule has 15 nitrogen and oxygen atoms in total. The molecule has 17 heteroatoms. The van der Waals surface area contributed by atoms with E-state index in [1.807, 2.05) is 91.1 Å². The van der Waals surface area contributed by atoms with Gasteiger partial charge < -0.3 is 34.6 Å². The van der Waals surface area contributed by atoms with Gasteiger partial charge in [0.15, 0.2) is 0 Å². The van der Waals surface area contributed by atoms with Crippen molar-refractivity contribution in [1.29, 1.82) is 0 Å². The highest BCUT2D eigenvalue weighted by Gasteiger charge is 2.28. The predicted octanol–water partition coefficient (Wildman–Crippen LogP) is 10.6. The zero-order chi connectivity index (χ0) is 50.2. The number of aliphatic hydroxyl groups excluding tert-OH is 3. The Labute approximate surface area is 405 Å². The molecule has 0 radical (unpaired) electrons. The first kappa shape index (κ1) is 63.9. The van der Waals surface area contributed by atoms with Crippen LogP contribution in [0.1, 0.15) is 104 Å². The number of esters is 2. The Hall–Kier alpha value is -4.08. The highest BCUT2D eigenvalue weighted by atomic mass is 31.2. The maximum Gasteiger partial charge on any atom is 0.472 e. The molecule has 5 atom stereocenters. The van der Waals surface area contributed by atoms with E-state index in [4.69, 9.17) is 9.47 Å². The van der Waals surface area contributed by atoms with Crippen molar-refractivity contribution in [3.8, 4) is 0 Å². The molecular weight excluding hydrogens is 914 g/mol. The summed E-state index contributed by atoms with van der Waals surface area (Å²) in [5.74, 6) is -1.11. The largest absolute Gasteiger partial charge is 0.472 e. The Morgan fingerprint density at radius 3 is 1.13 bits per heavy atom. The van der Waals surface area contributed by atoms with Gasteiger partial charge >= 0.3 is 27.6 Å². The monoisotopic (exact) mass is 992 g/mol. The fourth-order valence-corrected chi connectivity index (χ4v) is 6.53. The number of allylic oxidation sites excluding steroid dienone is 24. The fourth-order valence-electron chi connectivity index (χ4n) is 4.93. The van der Waals surface area contributed by atoms with Crippen molar-refractivity contribution >= 4 is 27.6 Å². The summed E-state index contributed by atoms with van der Waals surface area (Å²) in [4.78, 5) is 43.7. The van der Waals surface area contributed by atoms with E-state index in [-0.39, 0.29) is 12.8 Å². The number of ether oxygens (including phenoxy) is 2. The quantitative estimate of drug-likeness (QED) is 0.0126. The maximum absolute atomic E-state index is 12.2. The molecule has 0 saturated carbocycles. The van der Waals surface area contributed by atoms with Crippen LogP contribution in [0.15, 0.2) is 146 Å². The Morgan fingerprint density at radius 1 is 0.397 bits per heavy atom. The number of phosphoric acid groups is 2. The third kappa shape index (κ3) is 47.0. The number of hydrogen-bond acceptors (Lipinski definition) is 13. The molecule has 0 aliphatic heterocycles. The molecule has 382 valence electrons. The highest BCUT2D eigenvalue weighted by Crippen LogP contribution is 2.45. The molecule has 0 aliphatic carbocycles. The zero-order valence-corrected chi connectivity index (χ0v) is 41.7. The standard InChI is InChI=1S/C51H78O15P2/c1-3-5-7-9-11-13-15-17-19-21-22-24-26-28-30-32-34-36-38-40-51(56)62-42-48(53)44-64-68(59,60)66-46-49(54)45-65-67(57,58)63-43-47(52)41-61-50(55)39-37-35-33-31-29-27-25-23-20-18-16-14-12-10-8-6-4-2/h5-9,11-15,17-22,24-28,30-31,33,47-49,52-54H,3-4,10,16,23,29,32,34-46H2,1-2H3,(H,57,58)(H,59,60)/b7-5+,8-6-,11-9+,14-12-,15-13-,19-17+,20-18-,22-21+,26-24+,27-25-,30-28+,33-31-. The van der Waals surface area contributed by atoms with Gasteiger partial charge in [0.05, 0.1) is 26.4 Å². The molecule has 0 saturated heterocycles. The van der Waals surface area contributed by atoms with Crippen LogP contribution in [0.5, 0.6) is 0 Å². The lowest BCUT2D eigenvalue weighted by atomic mass is 10.1. The van der Waals surface area contributed by atoms with E-state index >= 15 is 0 Å². The zero-order valence-electron chi connectivity index (χ0n) is 39.9. The van der Waals surface area contributed by atoms with Gasteiger partial charge in [-0.15, -0.1) is 0 Å². The molecule has 0 heterocycles. The van der Waals surface area contributed by atoms with Crippen LogP contribution < -0.4 is 0 Å². The highest BCUT2D eigenvalue weighted by molar-refractivity contribution is 7.47. The third-order valence-corrected chi connectivity index (χ3v) is 10.4. The van der Waals surface area contributed by atoms with E-state index in [0.717, 1.165) is 57.8 Å². The maximum atomic E-state index is 12.2. The smallest absolute Gasteiger partial charge is 0.463 e. The van der Waals surface area contributed by atoms with Crippen LogP contribution >= 0.6 is 15.6 Å². The molecule has 5 unspecified atom stereocenters. The van der Waals surface area contributed by atoms with Crippen molar-refractivity contribution in [2.75, 3.05) is 39.6 Å². The van der Waals surface area contributed by atoms with Gasteiger partial charge in [-0.1, -0.05) is 166 Å². The summed E-state index contributed by atoms with van der Waals surface area (Å²) >= 11 is 0. The number of aliphatic hydroxyl groups is 3. The molecule has 0 aliphatic rings. The third-order valence-electron chi connectivity index (χ3n) is 8.48. The number of unbranched alkanes of at least 4 members (excludes halogenated alkanes) is 4. The summed E-state index contributed by atoms with van der Waals surface area (Å²) in [5.41, 5.74) is 0. The molecule has 0 spiro atoms. The van der Waals surface area contributed by atoms with E-state index in [1.54, 1.807) is 0 Å². The second-order valence-electron chi connectivity index (χ2n) is 14.8. The lowest BCUT2D eigenvalue weighted by molar-refractivity contribution is -0.148. The van der Waals surface area contributed by atoms with E-state index in [1.165, 1.54) is 0 Å².